The molecule has 1 aliphatic heterocycles. The number of nitrogens with one attached hydrogen (secondary N) is 2. The Morgan fingerprint density at radius 3 is 2.84 bits per heavy atom. The Morgan fingerprint density at radius 1 is 1.24 bits per heavy atom. The zero-order valence-corrected chi connectivity index (χ0v) is 15.5. The molecule has 2 rings (SSSR count). The normalized spacial score (nSPS) is 18.3. The first-order valence-corrected chi connectivity index (χ1v) is 9.19. The molecular weight excluding hydrogens is 316 g/mol. The maximum absolute atomic E-state index is 5.70. The molecule has 0 bridgehead atoms. The van der Waals surface area contributed by atoms with Gasteiger partial charge in [0.2, 0.25) is 0 Å². The van der Waals surface area contributed by atoms with E-state index in [0.29, 0.717) is 12.6 Å². The van der Waals surface area contributed by atoms with Crippen LogP contribution in [0.25, 0.3) is 0 Å². The van der Waals surface area contributed by atoms with Crippen molar-refractivity contribution in [1.29, 1.82) is 0 Å². The van der Waals surface area contributed by atoms with E-state index in [4.69, 9.17) is 9.47 Å². The summed E-state index contributed by atoms with van der Waals surface area (Å²) in [6, 6.07) is 10.5. The van der Waals surface area contributed by atoms with Gasteiger partial charge >= 0.3 is 0 Å². The van der Waals surface area contributed by atoms with Gasteiger partial charge in [-0.05, 0) is 37.9 Å². The average molecular weight is 348 g/mol. The van der Waals surface area contributed by atoms with Gasteiger partial charge in [0.05, 0.1) is 13.2 Å². The number of para-hydroxylation sites is 1. The Morgan fingerprint density at radius 2 is 2.08 bits per heavy atom. The van der Waals surface area contributed by atoms with Crippen LogP contribution in [0.15, 0.2) is 35.3 Å². The minimum absolute atomic E-state index is 0.565. The standard InChI is InChI=1S/C19H32N4O2/c1-20-19(21-11-7-14-25-18-9-4-3-5-10-18)22-16-17-8-6-12-23(17)13-15-24-2/h3-5,9-10,17H,6-8,11-16H2,1-2H3,(H2,20,21,22). The molecule has 0 spiro atoms. The Balaban J connectivity index is 1.59. The van der Waals surface area contributed by atoms with Crippen LogP contribution >= 0.6 is 0 Å². The first-order valence-electron chi connectivity index (χ1n) is 9.19. The molecular formula is C19H32N4O2. The summed E-state index contributed by atoms with van der Waals surface area (Å²) in [6.45, 7) is 5.42. The predicted octanol–water partition coefficient (Wildman–Crippen LogP) is 1.73. The summed E-state index contributed by atoms with van der Waals surface area (Å²) in [5.41, 5.74) is 0. The van der Waals surface area contributed by atoms with Crippen molar-refractivity contribution in [1.82, 2.24) is 15.5 Å². The molecule has 0 aromatic heterocycles. The molecule has 1 heterocycles. The van der Waals surface area contributed by atoms with Gasteiger partial charge in [-0.1, -0.05) is 18.2 Å². The number of benzene rings is 1. The van der Waals surface area contributed by atoms with E-state index >= 15 is 0 Å². The van der Waals surface area contributed by atoms with Crippen LogP contribution in [-0.4, -0.2) is 70.5 Å². The highest BCUT2D eigenvalue weighted by atomic mass is 16.5. The van der Waals surface area contributed by atoms with Gasteiger partial charge in [-0.25, -0.2) is 0 Å². The van der Waals surface area contributed by atoms with Gasteiger partial charge in [0.1, 0.15) is 5.75 Å². The van der Waals surface area contributed by atoms with Gasteiger partial charge in [-0.2, -0.15) is 0 Å². The molecule has 25 heavy (non-hydrogen) atoms. The maximum atomic E-state index is 5.70. The second-order valence-corrected chi connectivity index (χ2v) is 6.22. The Labute approximate surface area is 151 Å². The summed E-state index contributed by atoms with van der Waals surface area (Å²) in [5.74, 6) is 1.78. The van der Waals surface area contributed by atoms with Crippen molar-refractivity contribution in [2.75, 3.05) is 53.6 Å². The Kier molecular flexibility index (Phi) is 9.15. The quantitative estimate of drug-likeness (QED) is 0.383. The van der Waals surface area contributed by atoms with E-state index < -0.39 is 0 Å². The lowest BCUT2D eigenvalue weighted by Gasteiger charge is -2.25. The number of aliphatic imine (C=N–C) groups is 1. The highest BCUT2D eigenvalue weighted by Crippen LogP contribution is 2.15. The third-order valence-electron chi connectivity index (χ3n) is 4.44. The highest BCUT2D eigenvalue weighted by Gasteiger charge is 2.23. The van der Waals surface area contributed by atoms with Crippen LogP contribution in [0, 0.1) is 0 Å². The summed E-state index contributed by atoms with van der Waals surface area (Å²) in [6.07, 6.45) is 3.43. The van der Waals surface area contributed by atoms with E-state index in [-0.39, 0.29) is 0 Å². The zero-order chi connectivity index (χ0) is 17.7. The van der Waals surface area contributed by atoms with Crippen LogP contribution in [0.2, 0.25) is 0 Å². The molecule has 1 saturated heterocycles. The Hall–Kier alpha value is -1.79. The Bertz CT molecular complexity index is 495. The smallest absolute Gasteiger partial charge is 0.191 e. The molecule has 140 valence electrons. The summed E-state index contributed by atoms with van der Waals surface area (Å²) in [5, 5.41) is 6.80. The molecule has 1 aromatic carbocycles. The van der Waals surface area contributed by atoms with Crippen LogP contribution in [0.1, 0.15) is 19.3 Å². The van der Waals surface area contributed by atoms with E-state index in [1.54, 1.807) is 7.11 Å². The van der Waals surface area contributed by atoms with Crippen molar-refractivity contribution >= 4 is 5.96 Å². The fraction of sp³-hybridized carbons (Fsp3) is 0.632. The van der Waals surface area contributed by atoms with E-state index in [0.717, 1.165) is 44.4 Å². The number of methoxy groups -OCH3 is 1. The predicted molar refractivity (Wildman–Crippen MR) is 102 cm³/mol. The van der Waals surface area contributed by atoms with Gasteiger partial charge < -0.3 is 20.1 Å². The molecule has 1 aliphatic rings. The van der Waals surface area contributed by atoms with Gasteiger partial charge in [0.25, 0.3) is 0 Å². The van der Waals surface area contributed by atoms with Crippen molar-refractivity contribution in [3.05, 3.63) is 30.3 Å². The van der Waals surface area contributed by atoms with Crippen LogP contribution in [0.3, 0.4) is 0 Å². The molecule has 1 fully saturated rings. The maximum Gasteiger partial charge on any atom is 0.191 e. The van der Waals surface area contributed by atoms with Crippen LogP contribution in [-0.2, 0) is 4.74 Å². The number of guanidine groups is 1. The van der Waals surface area contributed by atoms with Gasteiger partial charge in [0.15, 0.2) is 5.96 Å². The molecule has 0 aliphatic carbocycles. The summed E-state index contributed by atoms with van der Waals surface area (Å²) < 4.78 is 10.9. The third kappa shape index (κ3) is 7.32. The van der Waals surface area contributed by atoms with E-state index in [9.17, 15) is 0 Å². The monoisotopic (exact) mass is 348 g/mol. The molecule has 0 radical (unpaired) electrons. The minimum atomic E-state index is 0.565. The molecule has 6 heteroatoms. The number of hydrogen-bond donors (Lipinski definition) is 2. The highest BCUT2D eigenvalue weighted by molar-refractivity contribution is 5.79. The molecule has 0 amide bonds. The van der Waals surface area contributed by atoms with Crippen LogP contribution in [0.5, 0.6) is 5.75 Å². The minimum Gasteiger partial charge on any atom is -0.494 e. The first-order chi connectivity index (χ1) is 12.3. The molecule has 0 saturated carbocycles. The van der Waals surface area contributed by atoms with Gasteiger partial charge in [-0.3, -0.25) is 9.89 Å². The molecule has 1 atom stereocenters. The average Bonchev–Trinajstić information content (AvgIpc) is 3.10. The largest absolute Gasteiger partial charge is 0.494 e. The summed E-state index contributed by atoms with van der Waals surface area (Å²) >= 11 is 0. The van der Waals surface area contributed by atoms with Crippen molar-refractivity contribution in [2.45, 2.75) is 25.3 Å². The second-order valence-electron chi connectivity index (χ2n) is 6.22. The zero-order valence-electron chi connectivity index (χ0n) is 15.5. The molecule has 1 unspecified atom stereocenters. The number of rotatable bonds is 10. The molecule has 1 aromatic rings. The lowest BCUT2D eigenvalue weighted by atomic mass is 10.2. The fourth-order valence-corrected chi connectivity index (χ4v) is 3.05. The number of ether oxygens (including phenoxy) is 2. The SMILES string of the molecule is CN=C(NCCCOc1ccccc1)NCC1CCCN1CCOC. The van der Waals surface area contributed by atoms with E-state index in [1.807, 2.05) is 37.4 Å². The third-order valence-corrected chi connectivity index (χ3v) is 4.44. The molecule has 6 nitrogen and oxygen atoms in total. The van der Waals surface area contributed by atoms with Crippen LogP contribution in [0.4, 0.5) is 0 Å². The summed E-state index contributed by atoms with van der Waals surface area (Å²) in [4.78, 5) is 6.80. The van der Waals surface area contributed by atoms with Crippen LogP contribution < -0.4 is 15.4 Å². The van der Waals surface area contributed by atoms with Gasteiger partial charge in [0, 0.05) is 39.8 Å². The number of likely N-dealkylation sites (tertiary alicyclic amines) is 1. The van der Waals surface area contributed by atoms with E-state index in [1.165, 1.54) is 19.4 Å². The van der Waals surface area contributed by atoms with Crippen molar-refractivity contribution in [3.8, 4) is 5.75 Å². The van der Waals surface area contributed by atoms with E-state index in [2.05, 4.69) is 20.5 Å². The van der Waals surface area contributed by atoms with Crippen molar-refractivity contribution in [3.63, 3.8) is 0 Å². The van der Waals surface area contributed by atoms with Gasteiger partial charge in [-0.15, -0.1) is 0 Å². The lowest BCUT2D eigenvalue weighted by Crippen LogP contribution is -2.45. The number of hydrogen-bond acceptors (Lipinski definition) is 4. The second kappa shape index (κ2) is 11.7. The number of nitrogens with zero attached hydrogens (tertiary/aromatic N) is 2. The summed E-state index contributed by atoms with van der Waals surface area (Å²) in [7, 11) is 3.57. The molecule has 2 N–H and O–H groups in total. The first kappa shape index (κ1) is 19.5. The lowest BCUT2D eigenvalue weighted by molar-refractivity contribution is 0.141. The van der Waals surface area contributed by atoms with Crippen molar-refractivity contribution < 1.29 is 9.47 Å². The van der Waals surface area contributed by atoms with Crippen molar-refractivity contribution in [2.24, 2.45) is 4.99 Å². The fourth-order valence-electron chi connectivity index (χ4n) is 3.05. The topological polar surface area (TPSA) is 58.1 Å².